The molecule has 0 amide bonds. The van der Waals surface area contributed by atoms with Crippen LogP contribution in [-0.4, -0.2) is 25.1 Å². The van der Waals surface area contributed by atoms with Crippen molar-refractivity contribution in [2.24, 2.45) is 0 Å². The van der Waals surface area contributed by atoms with Gasteiger partial charge in [-0.3, -0.25) is 4.57 Å². The van der Waals surface area contributed by atoms with Crippen LogP contribution in [-0.2, 0) is 5.54 Å². The molecule has 2 aromatic heterocycles. The molecule has 3 saturated carbocycles. The minimum absolute atomic E-state index is 0.147. The van der Waals surface area contributed by atoms with Crippen molar-refractivity contribution in [2.45, 2.75) is 49.6 Å². The van der Waals surface area contributed by atoms with Gasteiger partial charge in [0.2, 0.25) is 10.8 Å². The highest BCUT2D eigenvalue weighted by atomic mass is 35.5. The first-order chi connectivity index (χ1) is 10.1. The predicted molar refractivity (Wildman–Crippen MR) is 78.2 cm³/mol. The first kappa shape index (κ1) is 12.8. The summed E-state index contributed by atoms with van der Waals surface area (Å²) in [6, 6.07) is 0. The molecule has 0 spiro atoms. The van der Waals surface area contributed by atoms with E-state index in [1.54, 1.807) is 10.8 Å². The lowest BCUT2D eigenvalue weighted by atomic mass is 9.61. The molecule has 3 fully saturated rings. The number of hydrogen-bond acceptors (Lipinski definition) is 3. The number of fused-ring (bicyclic) bond motifs is 4. The molecular formula is C14H14ClN5O. The highest BCUT2D eigenvalue weighted by molar-refractivity contribution is 6.28. The predicted octanol–water partition coefficient (Wildman–Crippen LogP) is 2.49. The van der Waals surface area contributed by atoms with Gasteiger partial charge in [0.1, 0.15) is 5.52 Å². The maximum atomic E-state index is 12.4. The lowest BCUT2D eigenvalue weighted by Crippen LogP contribution is -2.52. The van der Waals surface area contributed by atoms with E-state index in [0.717, 1.165) is 38.5 Å². The summed E-state index contributed by atoms with van der Waals surface area (Å²) in [7, 11) is 0. The topological polar surface area (TPSA) is 67.9 Å². The van der Waals surface area contributed by atoms with Crippen LogP contribution in [0.25, 0.3) is 16.0 Å². The molecule has 1 N–H and O–H groups in total. The van der Waals surface area contributed by atoms with Gasteiger partial charge in [-0.05, 0) is 30.9 Å². The van der Waals surface area contributed by atoms with E-state index >= 15 is 0 Å². The Balaban J connectivity index is 1.88. The fourth-order valence-corrected chi connectivity index (χ4v) is 4.10. The van der Waals surface area contributed by atoms with E-state index in [1.165, 1.54) is 0 Å². The van der Waals surface area contributed by atoms with Crippen molar-refractivity contribution in [1.29, 1.82) is 0 Å². The van der Waals surface area contributed by atoms with Gasteiger partial charge in [0.25, 0.3) is 0 Å². The Bertz CT molecular complexity index is 805. The molecule has 3 aliphatic carbocycles. The first-order valence-electron chi connectivity index (χ1n) is 7.10. The second kappa shape index (κ2) is 4.08. The Kier molecular flexibility index (Phi) is 2.49. The largest absolute Gasteiger partial charge is 0.328 e. The summed E-state index contributed by atoms with van der Waals surface area (Å²) in [6.45, 7) is 7.42. The Morgan fingerprint density at radius 2 is 1.95 bits per heavy atom. The molecule has 21 heavy (non-hydrogen) atoms. The maximum absolute atomic E-state index is 12.4. The van der Waals surface area contributed by atoms with Gasteiger partial charge < -0.3 is 9.83 Å². The standard InChI is InChI=1S/C14H14ClN5O/c1-16-13-2-5-14(6-3-13,7-4-13)20-10-9(18-12(20)21)8-17-11(15)19-10/h8H,2-7H2,(H,18,21). The fourth-order valence-electron chi connectivity index (χ4n) is 3.97. The van der Waals surface area contributed by atoms with Crippen LogP contribution in [0.2, 0.25) is 5.28 Å². The van der Waals surface area contributed by atoms with Gasteiger partial charge in [0, 0.05) is 19.3 Å². The average Bonchev–Trinajstić information content (AvgIpc) is 2.85. The molecule has 5 rings (SSSR count). The number of halogens is 1. The molecule has 0 saturated heterocycles. The summed E-state index contributed by atoms with van der Waals surface area (Å²) in [4.78, 5) is 27.3. The van der Waals surface area contributed by atoms with Crippen LogP contribution in [0.3, 0.4) is 0 Å². The number of nitrogens with zero attached hydrogens (tertiary/aromatic N) is 4. The van der Waals surface area contributed by atoms with Crippen LogP contribution < -0.4 is 5.69 Å². The van der Waals surface area contributed by atoms with Crippen LogP contribution >= 0.6 is 11.6 Å². The summed E-state index contributed by atoms with van der Waals surface area (Å²) in [5.74, 6) is 0. The van der Waals surface area contributed by atoms with E-state index in [-0.39, 0.29) is 22.1 Å². The third kappa shape index (κ3) is 1.67. The average molecular weight is 304 g/mol. The molecule has 108 valence electrons. The van der Waals surface area contributed by atoms with E-state index in [1.807, 2.05) is 0 Å². The summed E-state index contributed by atoms with van der Waals surface area (Å²) < 4.78 is 1.77. The molecule has 0 atom stereocenters. The second-order valence-electron chi connectivity index (χ2n) is 6.20. The molecule has 0 radical (unpaired) electrons. The van der Waals surface area contributed by atoms with Crippen LogP contribution in [0.15, 0.2) is 11.0 Å². The highest BCUT2D eigenvalue weighted by Gasteiger charge is 2.54. The molecule has 0 unspecified atom stereocenters. The van der Waals surface area contributed by atoms with Gasteiger partial charge in [-0.2, -0.15) is 4.98 Å². The molecular weight excluding hydrogens is 290 g/mol. The summed E-state index contributed by atoms with van der Waals surface area (Å²) >= 11 is 5.89. The minimum Gasteiger partial charge on any atom is -0.310 e. The zero-order chi connectivity index (χ0) is 14.7. The highest BCUT2D eigenvalue weighted by Crippen LogP contribution is 2.52. The summed E-state index contributed by atoms with van der Waals surface area (Å²) in [5.41, 5.74) is 0.631. The molecule has 3 aliphatic rings. The monoisotopic (exact) mass is 303 g/mol. The molecule has 0 aliphatic heterocycles. The zero-order valence-electron chi connectivity index (χ0n) is 11.4. The number of imidazole rings is 1. The lowest BCUT2D eigenvalue weighted by Gasteiger charge is -2.47. The fraction of sp³-hybridized carbons (Fsp3) is 0.571. The van der Waals surface area contributed by atoms with Crippen LogP contribution in [0.1, 0.15) is 38.5 Å². The number of H-pyrrole nitrogens is 1. The molecule has 2 heterocycles. The van der Waals surface area contributed by atoms with Crippen molar-refractivity contribution in [3.05, 3.63) is 33.4 Å². The van der Waals surface area contributed by atoms with Gasteiger partial charge in [-0.15, -0.1) is 0 Å². The third-order valence-electron chi connectivity index (χ3n) is 5.27. The van der Waals surface area contributed by atoms with Crippen molar-refractivity contribution < 1.29 is 0 Å². The summed E-state index contributed by atoms with van der Waals surface area (Å²) in [5, 5.41) is 0.147. The molecule has 2 aromatic rings. The van der Waals surface area contributed by atoms with Crippen molar-refractivity contribution in [3.8, 4) is 0 Å². The Morgan fingerprint density at radius 1 is 1.29 bits per heavy atom. The van der Waals surface area contributed by atoms with E-state index in [2.05, 4.69) is 19.8 Å². The van der Waals surface area contributed by atoms with E-state index in [9.17, 15) is 4.79 Å². The lowest BCUT2D eigenvalue weighted by molar-refractivity contribution is 0.0726. The molecule has 2 bridgehead atoms. The zero-order valence-corrected chi connectivity index (χ0v) is 12.2. The van der Waals surface area contributed by atoms with Crippen molar-refractivity contribution in [3.63, 3.8) is 0 Å². The molecule has 7 heteroatoms. The van der Waals surface area contributed by atoms with Crippen LogP contribution in [0.5, 0.6) is 0 Å². The number of aromatic amines is 1. The number of hydrogen-bond donors (Lipinski definition) is 1. The van der Waals surface area contributed by atoms with E-state index < -0.39 is 0 Å². The number of aromatic nitrogens is 4. The van der Waals surface area contributed by atoms with Gasteiger partial charge in [0.15, 0.2) is 5.65 Å². The van der Waals surface area contributed by atoms with Crippen molar-refractivity contribution >= 4 is 22.8 Å². The van der Waals surface area contributed by atoms with E-state index in [4.69, 9.17) is 18.2 Å². The van der Waals surface area contributed by atoms with Crippen LogP contribution in [0, 0.1) is 6.57 Å². The molecule has 6 nitrogen and oxygen atoms in total. The van der Waals surface area contributed by atoms with Gasteiger partial charge in [0.05, 0.1) is 11.7 Å². The van der Waals surface area contributed by atoms with Crippen molar-refractivity contribution in [1.82, 2.24) is 19.5 Å². The third-order valence-corrected chi connectivity index (χ3v) is 5.46. The Morgan fingerprint density at radius 3 is 2.57 bits per heavy atom. The van der Waals surface area contributed by atoms with Crippen LogP contribution in [0.4, 0.5) is 0 Å². The SMILES string of the molecule is [C-]#[N+]C12CCC(n3c(=O)[nH]c4cnc(Cl)nc43)(CC1)CC2. The second-order valence-corrected chi connectivity index (χ2v) is 6.54. The quantitative estimate of drug-likeness (QED) is 0.650. The summed E-state index contributed by atoms with van der Waals surface area (Å²) in [6.07, 6.45) is 6.67. The van der Waals surface area contributed by atoms with Gasteiger partial charge >= 0.3 is 5.69 Å². The number of rotatable bonds is 1. The van der Waals surface area contributed by atoms with Gasteiger partial charge in [-0.25, -0.2) is 16.4 Å². The molecule has 0 aromatic carbocycles. The smallest absolute Gasteiger partial charge is 0.310 e. The van der Waals surface area contributed by atoms with E-state index in [0.29, 0.717) is 11.2 Å². The minimum atomic E-state index is -0.223. The number of nitrogens with one attached hydrogen (secondary N) is 1. The van der Waals surface area contributed by atoms with Crippen molar-refractivity contribution in [2.75, 3.05) is 0 Å². The maximum Gasteiger partial charge on any atom is 0.328 e. The Labute approximate surface area is 126 Å². The normalized spacial score (nSPS) is 31.4. The van der Waals surface area contributed by atoms with Gasteiger partial charge in [-0.1, -0.05) is 0 Å². The first-order valence-corrected chi connectivity index (χ1v) is 7.48. The Hall–Kier alpha value is -1.87.